The van der Waals surface area contributed by atoms with Gasteiger partial charge in [-0.1, -0.05) is 21.1 Å². The van der Waals surface area contributed by atoms with Crippen molar-refractivity contribution in [2.24, 2.45) is 0 Å². The van der Waals surface area contributed by atoms with Crippen LogP contribution in [0.4, 0.5) is 10.2 Å². The molecular formula is C16H15BrFN3O3. The van der Waals surface area contributed by atoms with Crippen molar-refractivity contribution < 1.29 is 18.5 Å². The Morgan fingerprint density at radius 2 is 2.17 bits per heavy atom. The van der Waals surface area contributed by atoms with E-state index in [-0.39, 0.29) is 17.9 Å². The highest BCUT2D eigenvalue weighted by Crippen LogP contribution is 2.16. The van der Waals surface area contributed by atoms with Crippen molar-refractivity contribution in [1.82, 2.24) is 10.1 Å². The zero-order valence-corrected chi connectivity index (χ0v) is 14.6. The molecule has 126 valence electrons. The molecule has 0 aliphatic carbocycles. The normalized spacial score (nSPS) is 10.8. The first kappa shape index (κ1) is 17.9. The standard InChI is InChI=1S/C16H15BrFN3O3/c1-10-7-14(20-24-10)19-15(22)9-21(2)16(23)6-3-11-8-12(17)4-5-13(11)18/h3-8H,9H2,1-2H3,(H,19,20,22)/b6-3+. The molecule has 0 saturated heterocycles. The number of hydrogen-bond donors (Lipinski definition) is 1. The number of benzene rings is 1. The van der Waals surface area contributed by atoms with Crippen molar-refractivity contribution in [1.29, 1.82) is 0 Å². The zero-order chi connectivity index (χ0) is 17.7. The minimum Gasteiger partial charge on any atom is -0.360 e. The van der Waals surface area contributed by atoms with E-state index in [1.807, 2.05) is 0 Å². The maximum atomic E-state index is 13.6. The second-order valence-corrected chi connectivity index (χ2v) is 5.98. The highest BCUT2D eigenvalue weighted by Gasteiger charge is 2.12. The second kappa shape index (κ2) is 7.87. The van der Waals surface area contributed by atoms with Crippen molar-refractivity contribution in [3.63, 3.8) is 0 Å². The van der Waals surface area contributed by atoms with Gasteiger partial charge in [-0.25, -0.2) is 4.39 Å². The lowest BCUT2D eigenvalue weighted by molar-refractivity contribution is -0.129. The molecule has 0 atom stereocenters. The average Bonchev–Trinajstić information content (AvgIpc) is 2.92. The van der Waals surface area contributed by atoms with Gasteiger partial charge in [0.1, 0.15) is 11.6 Å². The van der Waals surface area contributed by atoms with Gasteiger partial charge < -0.3 is 14.7 Å². The van der Waals surface area contributed by atoms with E-state index < -0.39 is 17.6 Å². The van der Waals surface area contributed by atoms with E-state index in [4.69, 9.17) is 4.52 Å². The van der Waals surface area contributed by atoms with Crippen LogP contribution in [0.1, 0.15) is 11.3 Å². The molecule has 1 heterocycles. The molecule has 1 aromatic carbocycles. The molecule has 2 rings (SSSR count). The second-order valence-electron chi connectivity index (χ2n) is 5.06. The summed E-state index contributed by atoms with van der Waals surface area (Å²) in [4.78, 5) is 25.0. The van der Waals surface area contributed by atoms with Crippen LogP contribution in [0.3, 0.4) is 0 Å². The number of rotatable bonds is 5. The van der Waals surface area contributed by atoms with Gasteiger partial charge >= 0.3 is 0 Å². The van der Waals surface area contributed by atoms with Crippen LogP contribution < -0.4 is 5.32 Å². The van der Waals surface area contributed by atoms with Crippen LogP contribution in [0, 0.1) is 12.7 Å². The number of hydrogen-bond acceptors (Lipinski definition) is 4. The molecule has 1 N–H and O–H groups in total. The number of carbonyl (C=O) groups is 2. The van der Waals surface area contributed by atoms with E-state index in [0.717, 1.165) is 0 Å². The third-order valence-electron chi connectivity index (χ3n) is 3.02. The van der Waals surface area contributed by atoms with Gasteiger partial charge in [-0.15, -0.1) is 0 Å². The van der Waals surface area contributed by atoms with Crippen LogP contribution in [-0.4, -0.2) is 35.5 Å². The van der Waals surface area contributed by atoms with E-state index in [1.54, 1.807) is 25.1 Å². The van der Waals surface area contributed by atoms with Crippen molar-refractivity contribution in [3.8, 4) is 0 Å². The van der Waals surface area contributed by atoms with Gasteiger partial charge in [0.15, 0.2) is 5.82 Å². The van der Waals surface area contributed by atoms with E-state index in [2.05, 4.69) is 26.4 Å². The third kappa shape index (κ3) is 5.02. The van der Waals surface area contributed by atoms with Gasteiger partial charge in [-0.05, 0) is 31.2 Å². The lowest BCUT2D eigenvalue weighted by Gasteiger charge is -2.13. The van der Waals surface area contributed by atoms with Crippen LogP contribution in [0.15, 0.2) is 39.3 Å². The Morgan fingerprint density at radius 3 is 2.83 bits per heavy atom. The lowest BCUT2D eigenvalue weighted by atomic mass is 10.2. The molecule has 0 spiro atoms. The first-order valence-electron chi connectivity index (χ1n) is 6.96. The molecule has 2 aromatic rings. The van der Waals surface area contributed by atoms with Crippen LogP contribution in [0.2, 0.25) is 0 Å². The Kier molecular flexibility index (Phi) is 5.86. The van der Waals surface area contributed by atoms with Crippen molar-refractivity contribution >= 4 is 39.6 Å². The van der Waals surface area contributed by atoms with E-state index in [0.29, 0.717) is 10.2 Å². The third-order valence-corrected chi connectivity index (χ3v) is 3.51. The molecule has 0 fully saturated rings. The monoisotopic (exact) mass is 395 g/mol. The number of amides is 2. The summed E-state index contributed by atoms with van der Waals surface area (Å²) in [6.45, 7) is 1.53. The van der Waals surface area contributed by atoms with Gasteiger partial charge in [0.25, 0.3) is 0 Å². The predicted octanol–water partition coefficient (Wildman–Crippen LogP) is 2.99. The maximum Gasteiger partial charge on any atom is 0.246 e. The summed E-state index contributed by atoms with van der Waals surface area (Å²) in [6, 6.07) is 5.98. The Bertz CT molecular complexity index is 789. The number of likely N-dealkylation sites (N-methyl/N-ethyl adjacent to an activating group) is 1. The molecule has 6 nitrogen and oxygen atoms in total. The molecule has 0 radical (unpaired) electrons. The minimum absolute atomic E-state index is 0.171. The number of anilines is 1. The Balaban J connectivity index is 1.92. The number of carbonyl (C=O) groups excluding carboxylic acids is 2. The molecule has 0 saturated carbocycles. The largest absolute Gasteiger partial charge is 0.360 e. The van der Waals surface area contributed by atoms with Crippen LogP contribution in [-0.2, 0) is 9.59 Å². The molecule has 0 bridgehead atoms. The fraction of sp³-hybridized carbons (Fsp3) is 0.188. The van der Waals surface area contributed by atoms with Crippen molar-refractivity contribution in [3.05, 3.63) is 52.0 Å². The Hall–Kier alpha value is -2.48. The fourth-order valence-corrected chi connectivity index (χ4v) is 2.21. The van der Waals surface area contributed by atoms with Gasteiger partial charge in [0.05, 0.1) is 6.54 Å². The highest BCUT2D eigenvalue weighted by atomic mass is 79.9. The topological polar surface area (TPSA) is 75.4 Å². The van der Waals surface area contributed by atoms with Crippen molar-refractivity contribution in [2.75, 3.05) is 18.9 Å². The van der Waals surface area contributed by atoms with Gasteiger partial charge in [-0.2, -0.15) is 0 Å². The molecule has 24 heavy (non-hydrogen) atoms. The molecule has 0 aliphatic rings. The van der Waals surface area contributed by atoms with Crippen molar-refractivity contribution in [2.45, 2.75) is 6.92 Å². The summed E-state index contributed by atoms with van der Waals surface area (Å²) >= 11 is 3.24. The summed E-state index contributed by atoms with van der Waals surface area (Å²) in [5.74, 6) is -0.440. The smallest absolute Gasteiger partial charge is 0.246 e. The number of aromatic nitrogens is 1. The summed E-state index contributed by atoms with van der Waals surface area (Å²) < 4.78 is 19.1. The minimum atomic E-state index is -0.441. The fourth-order valence-electron chi connectivity index (χ4n) is 1.83. The highest BCUT2D eigenvalue weighted by molar-refractivity contribution is 9.10. The molecular weight excluding hydrogens is 381 g/mol. The molecule has 1 aromatic heterocycles. The van der Waals surface area contributed by atoms with Gasteiger partial charge in [0.2, 0.25) is 11.8 Å². The maximum absolute atomic E-state index is 13.6. The molecule has 8 heteroatoms. The van der Waals surface area contributed by atoms with E-state index in [9.17, 15) is 14.0 Å². The molecule has 0 unspecified atom stereocenters. The number of aryl methyl sites for hydroxylation is 1. The van der Waals surface area contributed by atoms with Crippen LogP contribution in [0.5, 0.6) is 0 Å². The molecule has 2 amide bonds. The lowest BCUT2D eigenvalue weighted by Crippen LogP contribution is -2.33. The van der Waals surface area contributed by atoms with E-state index >= 15 is 0 Å². The zero-order valence-electron chi connectivity index (χ0n) is 13.0. The number of nitrogens with one attached hydrogen (secondary N) is 1. The Labute approximate surface area is 146 Å². The van der Waals surface area contributed by atoms with Crippen LogP contribution in [0.25, 0.3) is 6.08 Å². The van der Waals surface area contributed by atoms with E-state index in [1.165, 1.54) is 30.2 Å². The van der Waals surface area contributed by atoms with Gasteiger partial charge in [-0.3, -0.25) is 9.59 Å². The number of halogens is 2. The summed E-state index contributed by atoms with van der Waals surface area (Å²) in [6.07, 6.45) is 2.57. The Morgan fingerprint density at radius 1 is 1.42 bits per heavy atom. The molecule has 0 aliphatic heterocycles. The van der Waals surface area contributed by atoms with Gasteiger partial charge in [0, 0.05) is 29.2 Å². The predicted molar refractivity (Wildman–Crippen MR) is 90.6 cm³/mol. The quantitative estimate of drug-likeness (QED) is 0.789. The average molecular weight is 396 g/mol. The van der Waals surface area contributed by atoms with Crippen LogP contribution >= 0.6 is 15.9 Å². The first-order valence-corrected chi connectivity index (χ1v) is 7.76. The number of nitrogens with zero attached hydrogens (tertiary/aromatic N) is 2. The summed E-state index contributed by atoms with van der Waals surface area (Å²) in [5.41, 5.74) is 0.272. The summed E-state index contributed by atoms with van der Waals surface area (Å²) in [7, 11) is 1.47. The first-order chi connectivity index (χ1) is 11.3. The summed E-state index contributed by atoms with van der Waals surface area (Å²) in [5, 5.41) is 6.14. The SMILES string of the molecule is Cc1cc(NC(=O)CN(C)C(=O)/C=C/c2cc(Br)ccc2F)no1.